The second-order valence-corrected chi connectivity index (χ2v) is 6.74. The number of anilines is 1. The molecule has 1 aliphatic rings. The lowest BCUT2D eigenvalue weighted by molar-refractivity contribution is 0.0926. The Kier molecular flexibility index (Phi) is 3.99. The Bertz CT molecular complexity index is 1320. The number of nitrogens with one attached hydrogen (secondary N) is 1. The zero-order chi connectivity index (χ0) is 20.8. The maximum absolute atomic E-state index is 13.6. The fourth-order valence-corrected chi connectivity index (χ4v) is 3.48. The number of aromatic amines is 1. The van der Waals surface area contributed by atoms with E-state index in [4.69, 9.17) is 0 Å². The number of rotatable bonds is 3. The fraction of sp³-hybridized carbons (Fsp3) is 0. The maximum atomic E-state index is 13.6. The smallest absolute Gasteiger partial charge is 0.266 e. The molecule has 4 aromatic rings. The number of nitrogens with zero attached hydrogens (tertiary/aromatic N) is 3. The van der Waals surface area contributed by atoms with E-state index in [0.717, 1.165) is 17.0 Å². The lowest BCUT2D eigenvalue weighted by Gasteiger charge is -2.15. The molecule has 0 atom stereocenters. The van der Waals surface area contributed by atoms with Crippen LogP contribution in [0.4, 0.5) is 14.5 Å². The van der Waals surface area contributed by atoms with Gasteiger partial charge in [-0.2, -0.15) is 0 Å². The van der Waals surface area contributed by atoms with Crippen molar-refractivity contribution in [3.05, 3.63) is 89.6 Å². The maximum Gasteiger partial charge on any atom is 0.266 e. The summed E-state index contributed by atoms with van der Waals surface area (Å²) in [7, 11) is 0. The first-order valence-corrected chi connectivity index (χ1v) is 8.98. The molecule has 3 aromatic carbocycles. The number of amides is 2. The molecular formula is C22H12F2N4O2. The van der Waals surface area contributed by atoms with Crippen LogP contribution in [0.2, 0.25) is 0 Å². The second-order valence-electron chi connectivity index (χ2n) is 6.74. The van der Waals surface area contributed by atoms with Gasteiger partial charge in [0.2, 0.25) is 0 Å². The van der Waals surface area contributed by atoms with Gasteiger partial charge in [0.05, 0.1) is 16.8 Å². The summed E-state index contributed by atoms with van der Waals surface area (Å²) in [6.07, 6.45) is 1.59. The van der Waals surface area contributed by atoms with Gasteiger partial charge in [0, 0.05) is 11.8 Å². The van der Waals surface area contributed by atoms with Crippen LogP contribution in [0.15, 0.2) is 66.9 Å². The van der Waals surface area contributed by atoms with Crippen LogP contribution in [0.1, 0.15) is 20.7 Å². The highest BCUT2D eigenvalue weighted by Gasteiger charge is 2.37. The summed E-state index contributed by atoms with van der Waals surface area (Å²) in [6, 6.07) is 15.0. The number of hydrogen-bond acceptors (Lipinski definition) is 4. The van der Waals surface area contributed by atoms with Crippen molar-refractivity contribution in [2.24, 2.45) is 0 Å². The summed E-state index contributed by atoms with van der Waals surface area (Å²) in [6.45, 7) is 0. The Labute approximate surface area is 168 Å². The number of halogens is 2. The number of hydrogen-bond donors (Lipinski definition) is 1. The van der Waals surface area contributed by atoms with E-state index in [9.17, 15) is 18.4 Å². The highest BCUT2D eigenvalue weighted by Crippen LogP contribution is 2.33. The topological polar surface area (TPSA) is 79.0 Å². The quantitative estimate of drug-likeness (QED) is 0.521. The van der Waals surface area contributed by atoms with Crippen LogP contribution in [0.5, 0.6) is 0 Å². The SMILES string of the molecule is O=C1c2ccc(-c3c[nH]nn3)cc2C(=O)N1c1cccc(-c2ccc(F)c(F)c2)c1. The van der Waals surface area contributed by atoms with Crippen LogP contribution in [0.25, 0.3) is 22.4 Å². The number of benzene rings is 3. The highest BCUT2D eigenvalue weighted by atomic mass is 19.2. The Balaban J connectivity index is 1.54. The number of carbonyl (C=O) groups is 2. The molecule has 0 saturated carbocycles. The average molecular weight is 402 g/mol. The van der Waals surface area contributed by atoms with Crippen LogP contribution in [0, 0.1) is 11.6 Å². The minimum Gasteiger partial charge on any atom is -0.268 e. The number of H-pyrrole nitrogens is 1. The van der Waals surface area contributed by atoms with Crippen LogP contribution in [-0.4, -0.2) is 27.2 Å². The van der Waals surface area contributed by atoms with Gasteiger partial charge in [0.1, 0.15) is 5.69 Å². The monoisotopic (exact) mass is 402 g/mol. The molecular weight excluding hydrogens is 390 g/mol. The third-order valence-electron chi connectivity index (χ3n) is 4.96. The molecule has 0 fully saturated rings. The Morgan fingerprint density at radius 3 is 2.30 bits per heavy atom. The molecule has 0 aliphatic carbocycles. The molecule has 0 spiro atoms. The molecule has 1 aliphatic heterocycles. The van der Waals surface area contributed by atoms with Crippen LogP contribution in [-0.2, 0) is 0 Å². The van der Waals surface area contributed by atoms with E-state index in [2.05, 4.69) is 15.4 Å². The minimum absolute atomic E-state index is 0.263. The van der Waals surface area contributed by atoms with Gasteiger partial charge in [-0.05, 0) is 47.5 Å². The van der Waals surface area contributed by atoms with Crippen molar-refractivity contribution in [2.45, 2.75) is 0 Å². The Morgan fingerprint density at radius 2 is 1.53 bits per heavy atom. The van der Waals surface area contributed by atoms with Gasteiger partial charge in [0.25, 0.3) is 11.8 Å². The van der Waals surface area contributed by atoms with Gasteiger partial charge in [-0.15, -0.1) is 5.10 Å². The van der Waals surface area contributed by atoms with E-state index in [-0.39, 0.29) is 11.1 Å². The number of imide groups is 1. The molecule has 6 nitrogen and oxygen atoms in total. The van der Waals surface area contributed by atoms with Gasteiger partial charge in [0.15, 0.2) is 11.6 Å². The molecule has 0 radical (unpaired) electrons. The summed E-state index contributed by atoms with van der Waals surface area (Å²) >= 11 is 0. The molecule has 0 unspecified atom stereocenters. The van der Waals surface area contributed by atoms with Crippen molar-refractivity contribution in [3.63, 3.8) is 0 Å². The largest absolute Gasteiger partial charge is 0.268 e. The third-order valence-corrected chi connectivity index (χ3v) is 4.96. The molecule has 0 saturated heterocycles. The predicted octanol–water partition coefficient (Wildman–Crippen LogP) is 4.22. The van der Waals surface area contributed by atoms with Gasteiger partial charge < -0.3 is 0 Å². The molecule has 1 N–H and O–H groups in total. The number of aromatic nitrogens is 3. The minimum atomic E-state index is -0.973. The van der Waals surface area contributed by atoms with Crippen molar-refractivity contribution in [2.75, 3.05) is 4.90 Å². The predicted molar refractivity (Wildman–Crippen MR) is 105 cm³/mol. The van der Waals surface area contributed by atoms with Crippen LogP contribution >= 0.6 is 0 Å². The van der Waals surface area contributed by atoms with Gasteiger partial charge >= 0.3 is 0 Å². The zero-order valence-corrected chi connectivity index (χ0v) is 15.3. The summed E-state index contributed by atoms with van der Waals surface area (Å²) < 4.78 is 26.9. The van der Waals surface area contributed by atoms with Gasteiger partial charge in [-0.3, -0.25) is 14.7 Å². The molecule has 146 valence electrons. The van der Waals surface area contributed by atoms with Crippen molar-refractivity contribution in [1.29, 1.82) is 0 Å². The first kappa shape index (κ1) is 17.9. The van der Waals surface area contributed by atoms with Crippen LogP contribution in [0.3, 0.4) is 0 Å². The average Bonchev–Trinajstić information content (AvgIpc) is 3.38. The van der Waals surface area contributed by atoms with Gasteiger partial charge in [-0.1, -0.05) is 29.5 Å². The Hall–Kier alpha value is -4.20. The first-order chi connectivity index (χ1) is 14.5. The molecule has 8 heteroatoms. The van der Waals surface area contributed by atoms with E-state index >= 15 is 0 Å². The van der Waals surface area contributed by atoms with E-state index < -0.39 is 23.4 Å². The zero-order valence-electron chi connectivity index (χ0n) is 15.3. The standard InChI is InChI=1S/C22H12F2N4O2/c23-18-7-5-13(10-19(18)24)12-2-1-3-15(8-12)28-21(29)16-6-4-14(9-17(16)22(28)30)20-11-25-27-26-20/h1-11H,(H,25,26,27). The lowest BCUT2D eigenvalue weighted by atomic mass is 10.0. The summed E-state index contributed by atoms with van der Waals surface area (Å²) in [5.74, 6) is -2.84. The van der Waals surface area contributed by atoms with Crippen molar-refractivity contribution >= 4 is 17.5 Å². The molecule has 5 rings (SSSR count). The fourth-order valence-electron chi connectivity index (χ4n) is 3.48. The van der Waals surface area contributed by atoms with Crippen molar-refractivity contribution in [1.82, 2.24) is 15.4 Å². The summed E-state index contributed by atoms with van der Waals surface area (Å²) in [5, 5.41) is 10.2. The molecule has 30 heavy (non-hydrogen) atoms. The number of fused-ring (bicyclic) bond motifs is 1. The normalized spacial score (nSPS) is 13.1. The van der Waals surface area contributed by atoms with E-state index in [1.807, 2.05) is 0 Å². The van der Waals surface area contributed by atoms with E-state index in [0.29, 0.717) is 28.1 Å². The molecule has 0 bridgehead atoms. The summed E-state index contributed by atoms with van der Waals surface area (Å²) in [4.78, 5) is 27.0. The second kappa shape index (κ2) is 6.70. The Morgan fingerprint density at radius 1 is 0.767 bits per heavy atom. The summed E-state index contributed by atoms with van der Waals surface area (Å²) in [5.41, 5.74) is 3.07. The number of carbonyl (C=O) groups excluding carboxylic acids is 2. The van der Waals surface area contributed by atoms with Crippen molar-refractivity contribution in [3.8, 4) is 22.4 Å². The van der Waals surface area contributed by atoms with Gasteiger partial charge in [-0.25, -0.2) is 13.7 Å². The first-order valence-electron chi connectivity index (χ1n) is 8.98. The van der Waals surface area contributed by atoms with Crippen molar-refractivity contribution < 1.29 is 18.4 Å². The lowest BCUT2D eigenvalue weighted by Crippen LogP contribution is -2.29. The molecule has 2 heterocycles. The highest BCUT2D eigenvalue weighted by molar-refractivity contribution is 6.34. The van der Waals surface area contributed by atoms with E-state index in [1.165, 1.54) is 6.07 Å². The molecule has 1 aromatic heterocycles. The third kappa shape index (κ3) is 2.77. The molecule has 2 amide bonds. The van der Waals surface area contributed by atoms with E-state index in [1.54, 1.807) is 48.7 Å². The van der Waals surface area contributed by atoms with Crippen LogP contribution < -0.4 is 4.90 Å².